The normalized spacial score (nSPS) is 11.4. The van der Waals surface area contributed by atoms with Crippen molar-refractivity contribution in [1.82, 2.24) is 4.98 Å². The maximum absolute atomic E-state index is 12.6. The number of hydrogen-bond acceptors (Lipinski definition) is 3. The first-order valence-corrected chi connectivity index (χ1v) is 8.84. The zero-order valence-electron chi connectivity index (χ0n) is 15.1. The Kier molecular flexibility index (Phi) is 5.94. The number of carbonyl (C=O) groups is 2. The van der Waals surface area contributed by atoms with Crippen LogP contribution < -0.4 is 10.6 Å². The van der Waals surface area contributed by atoms with Gasteiger partial charge in [0, 0.05) is 17.4 Å². The number of anilines is 2. The zero-order chi connectivity index (χ0) is 19.1. The van der Waals surface area contributed by atoms with Crippen LogP contribution in [0.3, 0.4) is 0 Å². The van der Waals surface area contributed by atoms with E-state index in [1.165, 1.54) is 0 Å². The molecule has 2 amide bonds. The maximum atomic E-state index is 12.6. The predicted molar refractivity (Wildman–Crippen MR) is 107 cm³/mol. The van der Waals surface area contributed by atoms with Crippen LogP contribution >= 0.6 is 0 Å². The molecule has 2 N–H and O–H groups in total. The van der Waals surface area contributed by atoms with E-state index in [4.69, 9.17) is 0 Å². The molecule has 0 aliphatic heterocycles. The highest BCUT2D eigenvalue weighted by molar-refractivity contribution is 6.04. The minimum absolute atomic E-state index is 0.0590. The van der Waals surface area contributed by atoms with Gasteiger partial charge in [-0.1, -0.05) is 37.3 Å². The van der Waals surface area contributed by atoms with Crippen LogP contribution in [0, 0.1) is 0 Å². The Morgan fingerprint density at radius 3 is 2.26 bits per heavy atom. The van der Waals surface area contributed by atoms with Crippen molar-refractivity contribution in [2.24, 2.45) is 0 Å². The molecule has 0 radical (unpaired) electrons. The molecule has 0 bridgehead atoms. The molecule has 0 spiro atoms. The molecule has 3 aromatic rings. The first kappa shape index (κ1) is 18.3. The van der Waals surface area contributed by atoms with Gasteiger partial charge in [-0.05, 0) is 48.4 Å². The van der Waals surface area contributed by atoms with Gasteiger partial charge in [0.1, 0.15) is 0 Å². The molecule has 3 rings (SSSR count). The van der Waals surface area contributed by atoms with E-state index in [1.54, 1.807) is 48.8 Å². The number of aromatic nitrogens is 1. The molecule has 0 saturated carbocycles. The predicted octanol–water partition coefficient (Wildman–Crippen LogP) is 4.47. The molecule has 0 saturated heterocycles. The van der Waals surface area contributed by atoms with E-state index in [9.17, 15) is 9.59 Å². The van der Waals surface area contributed by atoms with E-state index in [1.807, 2.05) is 37.3 Å². The summed E-state index contributed by atoms with van der Waals surface area (Å²) in [6.07, 6.45) is 3.94. The number of amides is 2. The average Bonchev–Trinajstić information content (AvgIpc) is 2.70. The number of pyridine rings is 1. The van der Waals surface area contributed by atoms with Crippen molar-refractivity contribution < 1.29 is 9.59 Å². The lowest BCUT2D eigenvalue weighted by Crippen LogP contribution is -2.20. The van der Waals surface area contributed by atoms with Gasteiger partial charge < -0.3 is 10.6 Å². The molecule has 5 nitrogen and oxygen atoms in total. The van der Waals surface area contributed by atoms with Crippen molar-refractivity contribution in [1.29, 1.82) is 0 Å². The van der Waals surface area contributed by atoms with Gasteiger partial charge in [-0.2, -0.15) is 0 Å². The Morgan fingerprint density at radius 1 is 0.889 bits per heavy atom. The molecule has 0 fully saturated rings. The molecule has 5 heteroatoms. The molecule has 1 atom stereocenters. The first-order valence-electron chi connectivity index (χ1n) is 8.84. The van der Waals surface area contributed by atoms with Crippen molar-refractivity contribution in [3.63, 3.8) is 0 Å². The lowest BCUT2D eigenvalue weighted by atomic mass is 9.95. The highest BCUT2D eigenvalue weighted by Crippen LogP contribution is 2.22. The smallest absolute Gasteiger partial charge is 0.255 e. The molecule has 1 heterocycles. The summed E-state index contributed by atoms with van der Waals surface area (Å²) in [5.74, 6) is -0.493. The van der Waals surface area contributed by atoms with Gasteiger partial charge in [0.05, 0.1) is 17.8 Å². The van der Waals surface area contributed by atoms with Crippen molar-refractivity contribution >= 4 is 23.2 Å². The van der Waals surface area contributed by atoms with Crippen molar-refractivity contribution in [3.8, 4) is 0 Å². The van der Waals surface area contributed by atoms with Crippen LogP contribution in [0.15, 0.2) is 79.1 Å². The Balaban J connectivity index is 1.65. The average molecular weight is 359 g/mol. The second-order valence-electron chi connectivity index (χ2n) is 6.13. The lowest BCUT2D eigenvalue weighted by Gasteiger charge is -2.15. The van der Waals surface area contributed by atoms with Gasteiger partial charge in [-0.15, -0.1) is 0 Å². The van der Waals surface area contributed by atoms with Gasteiger partial charge in [-0.25, -0.2) is 0 Å². The Bertz CT molecular complexity index is 894. The summed E-state index contributed by atoms with van der Waals surface area (Å²) in [6, 6.07) is 20.1. The first-order chi connectivity index (χ1) is 13.2. The SMILES string of the molecule is CCC(C(=O)Nc1ccc(C(=O)Nc2cccnc2)cc1)c1ccccc1. The topological polar surface area (TPSA) is 71.1 Å². The molecule has 1 aromatic heterocycles. The minimum Gasteiger partial charge on any atom is -0.326 e. The Labute approximate surface area is 158 Å². The van der Waals surface area contributed by atoms with Gasteiger partial charge >= 0.3 is 0 Å². The third-order valence-corrected chi connectivity index (χ3v) is 4.26. The highest BCUT2D eigenvalue weighted by atomic mass is 16.2. The molecule has 27 heavy (non-hydrogen) atoms. The number of nitrogens with one attached hydrogen (secondary N) is 2. The summed E-state index contributed by atoms with van der Waals surface area (Å²) in [7, 11) is 0. The Morgan fingerprint density at radius 2 is 1.63 bits per heavy atom. The van der Waals surface area contributed by atoms with E-state index in [-0.39, 0.29) is 17.7 Å². The summed E-state index contributed by atoms with van der Waals surface area (Å²) in [5.41, 5.74) is 2.79. The minimum atomic E-state index is -0.225. The van der Waals surface area contributed by atoms with Crippen LogP contribution in [0.4, 0.5) is 11.4 Å². The maximum Gasteiger partial charge on any atom is 0.255 e. The van der Waals surface area contributed by atoms with Crippen LogP contribution in [-0.2, 0) is 4.79 Å². The number of hydrogen-bond donors (Lipinski definition) is 2. The van der Waals surface area contributed by atoms with Crippen LogP contribution in [0.1, 0.15) is 35.2 Å². The standard InChI is InChI=1S/C22H21N3O2/c1-2-20(16-7-4-3-5-8-16)22(27)24-18-12-10-17(11-13-18)21(26)25-19-9-6-14-23-15-19/h3-15,20H,2H2,1H3,(H,24,27)(H,25,26). The van der Waals surface area contributed by atoms with E-state index in [0.717, 1.165) is 5.56 Å². The fourth-order valence-electron chi connectivity index (χ4n) is 2.83. The number of nitrogens with zero attached hydrogens (tertiary/aromatic N) is 1. The molecular formula is C22H21N3O2. The van der Waals surface area contributed by atoms with Gasteiger partial charge in [-0.3, -0.25) is 14.6 Å². The monoisotopic (exact) mass is 359 g/mol. The quantitative estimate of drug-likeness (QED) is 0.682. The third kappa shape index (κ3) is 4.79. The van der Waals surface area contributed by atoms with Crippen LogP contribution in [0.2, 0.25) is 0 Å². The number of benzene rings is 2. The van der Waals surface area contributed by atoms with E-state index in [2.05, 4.69) is 15.6 Å². The van der Waals surface area contributed by atoms with Crippen molar-refractivity contribution in [2.45, 2.75) is 19.3 Å². The summed E-state index contributed by atoms with van der Waals surface area (Å²) < 4.78 is 0. The van der Waals surface area contributed by atoms with Gasteiger partial charge in [0.15, 0.2) is 0 Å². The molecule has 136 valence electrons. The van der Waals surface area contributed by atoms with Crippen LogP contribution in [0.5, 0.6) is 0 Å². The van der Waals surface area contributed by atoms with E-state index < -0.39 is 0 Å². The van der Waals surface area contributed by atoms with Crippen molar-refractivity contribution in [2.75, 3.05) is 10.6 Å². The zero-order valence-corrected chi connectivity index (χ0v) is 15.1. The summed E-state index contributed by atoms with van der Waals surface area (Å²) in [6.45, 7) is 1.99. The molecular weight excluding hydrogens is 338 g/mol. The summed E-state index contributed by atoms with van der Waals surface area (Å²) >= 11 is 0. The summed E-state index contributed by atoms with van der Waals surface area (Å²) in [4.78, 5) is 28.8. The second-order valence-corrected chi connectivity index (χ2v) is 6.13. The molecule has 2 aromatic carbocycles. The molecule has 0 aliphatic rings. The lowest BCUT2D eigenvalue weighted by molar-refractivity contribution is -0.117. The van der Waals surface area contributed by atoms with Gasteiger partial charge in [0.25, 0.3) is 5.91 Å². The van der Waals surface area contributed by atoms with Crippen LogP contribution in [0.25, 0.3) is 0 Å². The molecule has 0 aliphatic carbocycles. The van der Waals surface area contributed by atoms with Crippen LogP contribution in [-0.4, -0.2) is 16.8 Å². The number of carbonyl (C=O) groups excluding carboxylic acids is 2. The van der Waals surface area contributed by atoms with E-state index >= 15 is 0 Å². The fourth-order valence-corrected chi connectivity index (χ4v) is 2.83. The van der Waals surface area contributed by atoms with Crippen molar-refractivity contribution in [3.05, 3.63) is 90.3 Å². The fraction of sp³-hybridized carbons (Fsp3) is 0.136. The molecule has 1 unspecified atom stereocenters. The third-order valence-electron chi connectivity index (χ3n) is 4.26. The van der Waals surface area contributed by atoms with Gasteiger partial charge in [0.2, 0.25) is 5.91 Å². The highest BCUT2D eigenvalue weighted by Gasteiger charge is 2.18. The number of rotatable bonds is 6. The van der Waals surface area contributed by atoms with E-state index in [0.29, 0.717) is 23.4 Å². The Hall–Kier alpha value is -3.47. The summed E-state index contributed by atoms with van der Waals surface area (Å²) in [5, 5.41) is 5.71. The second kappa shape index (κ2) is 8.76. The largest absolute Gasteiger partial charge is 0.326 e.